The minimum Gasteiger partial charge on any atom is -0.497 e. The maximum absolute atomic E-state index is 13.3. The van der Waals surface area contributed by atoms with Crippen LogP contribution >= 0.6 is 0 Å². The third-order valence-electron chi connectivity index (χ3n) is 5.70. The van der Waals surface area contributed by atoms with Crippen molar-refractivity contribution in [1.29, 1.82) is 5.26 Å². The van der Waals surface area contributed by atoms with E-state index in [0.717, 1.165) is 49.5 Å². The highest BCUT2D eigenvalue weighted by Gasteiger charge is 2.47. The summed E-state index contributed by atoms with van der Waals surface area (Å²) >= 11 is 0. The van der Waals surface area contributed by atoms with Gasteiger partial charge in [-0.05, 0) is 37.0 Å². The van der Waals surface area contributed by atoms with Crippen molar-refractivity contribution in [3.8, 4) is 11.8 Å². The Morgan fingerprint density at radius 2 is 2.00 bits per heavy atom. The third-order valence-corrected chi connectivity index (χ3v) is 5.70. The van der Waals surface area contributed by atoms with Crippen molar-refractivity contribution in [3.05, 3.63) is 53.7 Å². The van der Waals surface area contributed by atoms with Gasteiger partial charge in [0.25, 0.3) is 5.91 Å². The minimum absolute atomic E-state index is 0.0255. The second-order valence-electron chi connectivity index (χ2n) is 7.43. The van der Waals surface area contributed by atoms with Crippen LogP contribution in [-0.2, 0) is 5.41 Å². The fraction of sp³-hybridized carbons (Fsp3) is 0.409. The Morgan fingerprint density at radius 3 is 2.75 bits per heavy atom. The molecule has 0 atom stereocenters. The number of aromatic nitrogens is 1. The molecule has 2 aliphatic rings. The van der Waals surface area contributed by atoms with Gasteiger partial charge >= 0.3 is 0 Å². The number of ether oxygens (including phenoxy) is 1. The molecule has 1 aliphatic heterocycles. The fourth-order valence-corrected chi connectivity index (χ4v) is 3.87. The number of carbonyl (C=O) groups is 1. The average molecular weight is 376 g/mol. The summed E-state index contributed by atoms with van der Waals surface area (Å²) in [6.07, 6.45) is 4.29. The molecule has 0 spiro atoms. The molecule has 1 aromatic carbocycles. The first kappa shape index (κ1) is 18.3. The van der Waals surface area contributed by atoms with Gasteiger partial charge in [0.1, 0.15) is 11.6 Å². The molecule has 1 saturated heterocycles. The SMILES string of the molecule is COc1ccnc(N2CCCN(C(=O)c3ccccc3C3(C#N)CC3)CC2)c1. The van der Waals surface area contributed by atoms with Crippen LogP contribution in [0.5, 0.6) is 5.75 Å². The van der Waals surface area contributed by atoms with Crippen LogP contribution in [0.15, 0.2) is 42.6 Å². The molecular formula is C22H24N4O2. The van der Waals surface area contributed by atoms with Crippen molar-refractivity contribution in [2.45, 2.75) is 24.7 Å². The van der Waals surface area contributed by atoms with Crippen LogP contribution < -0.4 is 9.64 Å². The van der Waals surface area contributed by atoms with Gasteiger partial charge < -0.3 is 14.5 Å². The van der Waals surface area contributed by atoms with E-state index in [2.05, 4.69) is 16.0 Å². The van der Waals surface area contributed by atoms with E-state index in [-0.39, 0.29) is 5.91 Å². The van der Waals surface area contributed by atoms with Gasteiger partial charge in [-0.2, -0.15) is 5.26 Å². The van der Waals surface area contributed by atoms with Crippen LogP contribution in [-0.4, -0.2) is 49.1 Å². The third kappa shape index (κ3) is 3.40. The summed E-state index contributed by atoms with van der Waals surface area (Å²) in [5.74, 6) is 1.68. The second kappa shape index (κ2) is 7.51. The van der Waals surface area contributed by atoms with Crippen molar-refractivity contribution in [1.82, 2.24) is 9.88 Å². The van der Waals surface area contributed by atoms with Crippen LogP contribution in [0.2, 0.25) is 0 Å². The summed E-state index contributed by atoms with van der Waals surface area (Å²) < 4.78 is 5.30. The summed E-state index contributed by atoms with van der Waals surface area (Å²) in [5, 5.41) is 9.58. The molecule has 2 aromatic rings. The van der Waals surface area contributed by atoms with E-state index in [4.69, 9.17) is 4.74 Å². The van der Waals surface area contributed by atoms with Crippen LogP contribution in [0.4, 0.5) is 5.82 Å². The largest absolute Gasteiger partial charge is 0.497 e. The molecule has 2 heterocycles. The number of nitrogens with zero attached hydrogens (tertiary/aromatic N) is 4. The summed E-state index contributed by atoms with van der Waals surface area (Å²) in [6, 6.07) is 13.8. The molecule has 144 valence electrons. The Hall–Kier alpha value is -3.07. The summed E-state index contributed by atoms with van der Waals surface area (Å²) in [6.45, 7) is 2.89. The predicted octanol–water partition coefficient (Wildman–Crippen LogP) is 3.00. The van der Waals surface area contributed by atoms with E-state index >= 15 is 0 Å². The number of hydrogen-bond donors (Lipinski definition) is 0. The number of amides is 1. The maximum atomic E-state index is 13.3. The number of pyridine rings is 1. The van der Waals surface area contributed by atoms with E-state index in [1.807, 2.05) is 41.3 Å². The monoisotopic (exact) mass is 376 g/mol. The number of anilines is 1. The first-order valence-corrected chi connectivity index (χ1v) is 9.72. The zero-order chi connectivity index (χ0) is 19.6. The van der Waals surface area contributed by atoms with Gasteiger partial charge in [0.05, 0.1) is 18.6 Å². The molecule has 1 aliphatic carbocycles. The van der Waals surface area contributed by atoms with Crippen LogP contribution in [0.25, 0.3) is 0 Å². The summed E-state index contributed by atoms with van der Waals surface area (Å²) in [7, 11) is 1.65. The molecule has 2 fully saturated rings. The van der Waals surface area contributed by atoms with Gasteiger partial charge in [-0.1, -0.05) is 18.2 Å². The molecule has 1 amide bonds. The number of benzene rings is 1. The highest BCUT2D eigenvalue weighted by Crippen LogP contribution is 2.48. The van der Waals surface area contributed by atoms with Crippen molar-refractivity contribution in [2.75, 3.05) is 38.2 Å². The van der Waals surface area contributed by atoms with Crippen LogP contribution in [0, 0.1) is 11.3 Å². The lowest BCUT2D eigenvalue weighted by Crippen LogP contribution is -2.36. The topological polar surface area (TPSA) is 69.5 Å². The van der Waals surface area contributed by atoms with Crippen LogP contribution in [0.1, 0.15) is 35.2 Å². The molecule has 28 heavy (non-hydrogen) atoms. The number of methoxy groups -OCH3 is 1. The number of carbonyl (C=O) groups excluding carboxylic acids is 1. The zero-order valence-corrected chi connectivity index (χ0v) is 16.1. The van der Waals surface area contributed by atoms with Gasteiger partial charge in [0.15, 0.2) is 0 Å². The average Bonchev–Trinajstić information content (AvgIpc) is 3.57. The Labute approximate surface area is 165 Å². The molecule has 0 unspecified atom stereocenters. The normalized spacial score (nSPS) is 18.1. The number of hydrogen-bond acceptors (Lipinski definition) is 5. The van der Waals surface area contributed by atoms with Crippen molar-refractivity contribution in [3.63, 3.8) is 0 Å². The van der Waals surface area contributed by atoms with Crippen LogP contribution in [0.3, 0.4) is 0 Å². The van der Waals surface area contributed by atoms with Gasteiger partial charge in [-0.15, -0.1) is 0 Å². The van der Waals surface area contributed by atoms with E-state index in [1.165, 1.54) is 0 Å². The first-order valence-electron chi connectivity index (χ1n) is 9.72. The van der Waals surface area contributed by atoms with E-state index in [0.29, 0.717) is 18.7 Å². The first-order chi connectivity index (χ1) is 13.7. The van der Waals surface area contributed by atoms with E-state index in [1.54, 1.807) is 13.3 Å². The Morgan fingerprint density at radius 1 is 1.18 bits per heavy atom. The Kier molecular flexibility index (Phi) is 4.91. The lowest BCUT2D eigenvalue weighted by molar-refractivity contribution is 0.0765. The lowest BCUT2D eigenvalue weighted by atomic mass is 9.92. The Balaban J connectivity index is 1.51. The molecule has 6 nitrogen and oxygen atoms in total. The van der Waals surface area contributed by atoms with Gasteiger partial charge in [-0.3, -0.25) is 4.79 Å². The quantitative estimate of drug-likeness (QED) is 0.820. The van der Waals surface area contributed by atoms with Gasteiger partial charge in [-0.25, -0.2) is 4.98 Å². The highest BCUT2D eigenvalue weighted by molar-refractivity contribution is 5.96. The minimum atomic E-state index is -0.464. The molecule has 0 N–H and O–H groups in total. The molecular weight excluding hydrogens is 352 g/mol. The number of rotatable bonds is 4. The molecule has 4 rings (SSSR count). The fourth-order valence-electron chi connectivity index (χ4n) is 3.87. The lowest BCUT2D eigenvalue weighted by Gasteiger charge is -2.24. The molecule has 1 saturated carbocycles. The molecule has 0 bridgehead atoms. The van der Waals surface area contributed by atoms with E-state index < -0.39 is 5.41 Å². The number of nitriles is 1. The highest BCUT2D eigenvalue weighted by atomic mass is 16.5. The van der Waals surface area contributed by atoms with Crippen molar-refractivity contribution in [2.24, 2.45) is 0 Å². The molecule has 6 heteroatoms. The summed E-state index contributed by atoms with van der Waals surface area (Å²) in [4.78, 5) is 21.8. The van der Waals surface area contributed by atoms with Crippen molar-refractivity contribution >= 4 is 11.7 Å². The smallest absolute Gasteiger partial charge is 0.254 e. The standard InChI is InChI=1S/C22H24N4O2/c1-28-17-7-10-24-20(15-17)25-11-4-12-26(14-13-25)21(27)18-5-2-3-6-19(18)22(16-23)8-9-22/h2-3,5-7,10,15H,4,8-9,11-14H2,1H3. The van der Waals surface area contributed by atoms with E-state index in [9.17, 15) is 10.1 Å². The zero-order valence-electron chi connectivity index (χ0n) is 16.1. The van der Waals surface area contributed by atoms with Crippen molar-refractivity contribution < 1.29 is 9.53 Å². The second-order valence-corrected chi connectivity index (χ2v) is 7.43. The predicted molar refractivity (Wildman–Crippen MR) is 106 cm³/mol. The molecule has 0 radical (unpaired) electrons. The van der Waals surface area contributed by atoms with Gasteiger partial charge in [0.2, 0.25) is 0 Å². The maximum Gasteiger partial charge on any atom is 0.254 e. The molecule has 1 aromatic heterocycles. The summed E-state index contributed by atoms with van der Waals surface area (Å²) in [5.41, 5.74) is 1.10. The Bertz CT molecular complexity index is 917. The van der Waals surface area contributed by atoms with Gasteiger partial charge in [0, 0.05) is 44.0 Å².